The van der Waals surface area contributed by atoms with E-state index in [2.05, 4.69) is 5.32 Å². The summed E-state index contributed by atoms with van der Waals surface area (Å²) in [6.45, 7) is -0.948. The standard InChI is InChI=1S/C19H22N2O6/c1-26-13-6-4-5-12(9-13)20-16(22)11-27-17(23)10-21-18(24)14-7-2-3-8-15(14)19(21)25/h4-6,9,14-15H,2-3,7-8,10-11H2,1H3,(H,20,22)/t14-,15+. The molecule has 2 fully saturated rings. The smallest absolute Gasteiger partial charge is 0.326 e. The highest BCUT2D eigenvalue weighted by atomic mass is 16.5. The zero-order valence-corrected chi connectivity index (χ0v) is 15.1. The number of benzene rings is 1. The largest absolute Gasteiger partial charge is 0.497 e. The average molecular weight is 374 g/mol. The van der Waals surface area contributed by atoms with Crippen molar-refractivity contribution in [2.45, 2.75) is 25.7 Å². The number of nitrogens with zero attached hydrogens (tertiary/aromatic N) is 1. The Balaban J connectivity index is 1.48. The normalized spacial score (nSPS) is 21.6. The number of amides is 3. The quantitative estimate of drug-likeness (QED) is 0.596. The Morgan fingerprint density at radius 1 is 1.15 bits per heavy atom. The van der Waals surface area contributed by atoms with Gasteiger partial charge in [-0.25, -0.2) is 0 Å². The Kier molecular flexibility index (Phi) is 5.73. The van der Waals surface area contributed by atoms with Gasteiger partial charge in [0.1, 0.15) is 12.3 Å². The number of likely N-dealkylation sites (tertiary alicyclic amines) is 1. The van der Waals surface area contributed by atoms with Gasteiger partial charge in [0.15, 0.2) is 6.61 Å². The number of hydrogen-bond acceptors (Lipinski definition) is 6. The minimum Gasteiger partial charge on any atom is -0.497 e. The van der Waals surface area contributed by atoms with Gasteiger partial charge in [-0.3, -0.25) is 24.1 Å². The van der Waals surface area contributed by atoms with Gasteiger partial charge in [-0.1, -0.05) is 18.9 Å². The fourth-order valence-corrected chi connectivity index (χ4v) is 3.61. The lowest BCUT2D eigenvalue weighted by atomic mass is 9.81. The summed E-state index contributed by atoms with van der Waals surface area (Å²) in [4.78, 5) is 49.5. The number of fused-ring (bicyclic) bond motifs is 1. The molecule has 1 aliphatic carbocycles. The molecule has 1 heterocycles. The number of carbonyl (C=O) groups excluding carboxylic acids is 4. The molecule has 2 atom stereocenters. The van der Waals surface area contributed by atoms with Crippen molar-refractivity contribution >= 4 is 29.4 Å². The summed E-state index contributed by atoms with van der Waals surface area (Å²) in [7, 11) is 1.51. The highest BCUT2D eigenvalue weighted by Gasteiger charge is 2.48. The second-order valence-corrected chi connectivity index (χ2v) is 6.70. The van der Waals surface area contributed by atoms with E-state index in [4.69, 9.17) is 9.47 Å². The Morgan fingerprint density at radius 3 is 2.44 bits per heavy atom. The molecule has 0 radical (unpaired) electrons. The zero-order valence-electron chi connectivity index (χ0n) is 15.1. The van der Waals surface area contributed by atoms with Crippen molar-refractivity contribution in [2.24, 2.45) is 11.8 Å². The van der Waals surface area contributed by atoms with Crippen LogP contribution in [0.5, 0.6) is 5.75 Å². The molecule has 8 heteroatoms. The van der Waals surface area contributed by atoms with Crippen LogP contribution in [-0.2, 0) is 23.9 Å². The first-order valence-electron chi connectivity index (χ1n) is 8.94. The van der Waals surface area contributed by atoms with Gasteiger partial charge in [0.25, 0.3) is 5.91 Å². The number of nitrogens with one attached hydrogen (secondary N) is 1. The number of anilines is 1. The van der Waals surface area contributed by atoms with Gasteiger partial charge in [0.2, 0.25) is 11.8 Å². The summed E-state index contributed by atoms with van der Waals surface area (Å²) in [6.07, 6.45) is 3.21. The van der Waals surface area contributed by atoms with Crippen LogP contribution < -0.4 is 10.1 Å². The molecule has 2 aliphatic rings. The first-order chi connectivity index (χ1) is 13.0. The van der Waals surface area contributed by atoms with E-state index in [9.17, 15) is 19.2 Å². The number of imide groups is 1. The highest BCUT2D eigenvalue weighted by Crippen LogP contribution is 2.37. The van der Waals surface area contributed by atoms with E-state index in [1.54, 1.807) is 24.3 Å². The Labute approximate surface area is 156 Å². The van der Waals surface area contributed by atoms with Crippen LogP contribution in [0.4, 0.5) is 5.69 Å². The number of esters is 1. The maximum absolute atomic E-state index is 12.3. The number of hydrogen-bond donors (Lipinski definition) is 1. The van der Waals surface area contributed by atoms with E-state index in [0.717, 1.165) is 17.7 Å². The summed E-state index contributed by atoms with van der Waals surface area (Å²) in [5.41, 5.74) is 0.504. The van der Waals surface area contributed by atoms with Crippen LogP contribution >= 0.6 is 0 Å². The van der Waals surface area contributed by atoms with Gasteiger partial charge in [-0.15, -0.1) is 0 Å². The molecule has 3 amide bonds. The van der Waals surface area contributed by atoms with Gasteiger partial charge in [-0.2, -0.15) is 0 Å². The van der Waals surface area contributed by atoms with Gasteiger partial charge >= 0.3 is 5.97 Å². The van der Waals surface area contributed by atoms with Gasteiger partial charge < -0.3 is 14.8 Å². The van der Waals surface area contributed by atoms with E-state index in [1.807, 2.05) is 0 Å². The molecule has 0 unspecified atom stereocenters. The predicted molar refractivity (Wildman–Crippen MR) is 94.8 cm³/mol. The van der Waals surface area contributed by atoms with Crippen LogP contribution in [0.3, 0.4) is 0 Å². The van der Waals surface area contributed by atoms with Crippen molar-refractivity contribution in [1.82, 2.24) is 4.90 Å². The molecule has 0 spiro atoms. The predicted octanol–water partition coefficient (Wildman–Crippen LogP) is 1.35. The summed E-state index contributed by atoms with van der Waals surface area (Å²) in [5, 5.41) is 2.58. The van der Waals surface area contributed by atoms with E-state index in [0.29, 0.717) is 24.3 Å². The molecule has 0 bridgehead atoms. The number of methoxy groups -OCH3 is 1. The zero-order chi connectivity index (χ0) is 19.4. The summed E-state index contributed by atoms with van der Waals surface area (Å²) >= 11 is 0. The van der Waals surface area contributed by atoms with Crippen molar-refractivity contribution < 1.29 is 28.7 Å². The van der Waals surface area contributed by atoms with E-state index >= 15 is 0 Å². The highest BCUT2D eigenvalue weighted by molar-refractivity contribution is 6.07. The number of rotatable bonds is 6. The Bertz CT molecular complexity index is 738. The molecule has 8 nitrogen and oxygen atoms in total. The minimum atomic E-state index is -0.781. The number of ether oxygens (including phenoxy) is 2. The SMILES string of the molecule is COc1cccc(NC(=O)COC(=O)CN2C(=O)[C@H]3CCCC[C@H]3C2=O)c1. The lowest BCUT2D eigenvalue weighted by Gasteiger charge is -2.19. The van der Waals surface area contributed by atoms with E-state index in [1.165, 1.54) is 7.11 Å². The van der Waals surface area contributed by atoms with Crippen LogP contribution in [0.15, 0.2) is 24.3 Å². The van der Waals surface area contributed by atoms with Crippen molar-refractivity contribution in [2.75, 3.05) is 25.6 Å². The Morgan fingerprint density at radius 2 is 1.81 bits per heavy atom. The van der Waals surface area contributed by atoms with Crippen molar-refractivity contribution in [3.05, 3.63) is 24.3 Å². The molecule has 1 saturated carbocycles. The monoisotopic (exact) mass is 374 g/mol. The maximum atomic E-state index is 12.3. The molecular weight excluding hydrogens is 352 g/mol. The molecule has 1 saturated heterocycles. The van der Waals surface area contributed by atoms with Crippen LogP contribution in [0.25, 0.3) is 0 Å². The second kappa shape index (κ2) is 8.20. The molecular formula is C19H22N2O6. The van der Waals surface area contributed by atoms with E-state index in [-0.39, 0.29) is 23.7 Å². The minimum absolute atomic E-state index is 0.303. The third-order valence-corrected chi connectivity index (χ3v) is 4.94. The molecule has 1 aromatic rings. The molecule has 1 N–H and O–H groups in total. The van der Waals surface area contributed by atoms with Crippen LogP contribution in [0.1, 0.15) is 25.7 Å². The maximum Gasteiger partial charge on any atom is 0.326 e. The fourth-order valence-electron chi connectivity index (χ4n) is 3.61. The molecule has 3 rings (SSSR count). The van der Waals surface area contributed by atoms with Crippen LogP contribution in [0, 0.1) is 11.8 Å². The van der Waals surface area contributed by atoms with Crippen LogP contribution in [-0.4, -0.2) is 48.9 Å². The Hall–Kier alpha value is -2.90. The van der Waals surface area contributed by atoms with Crippen molar-refractivity contribution in [1.29, 1.82) is 0 Å². The average Bonchev–Trinajstić information content (AvgIpc) is 2.92. The third kappa shape index (κ3) is 4.27. The summed E-state index contributed by atoms with van der Waals surface area (Å²) < 4.78 is 9.98. The van der Waals surface area contributed by atoms with Crippen molar-refractivity contribution in [3.63, 3.8) is 0 Å². The fraction of sp³-hybridized carbons (Fsp3) is 0.474. The number of carbonyl (C=O) groups is 4. The van der Waals surface area contributed by atoms with E-state index < -0.39 is 25.0 Å². The third-order valence-electron chi connectivity index (χ3n) is 4.94. The van der Waals surface area contributed by atoms with Crippen molar-refractivity contribution in [3.8, 4) is 5.75 Å². The lowest BCUT2D eigenvalue weighted by Crippen LogP contribution is -2.37. The van der Waals surface area contributed by atoms with Gasteiger partial charge in [0.05, 0.1) is 18.9 Å². The lowest BCUT2D eigenvalue weighted by molar-refractivity contribution is -0.154. The molecule has 1 aromatic carbocycles. The topological polar surface area (TPSA) is 102 Å². The van der Waals surface area contributed by atoms with Crippen LogP contribution in [0.2, 0.25) is 0 Å². The first-order valence-corrected chi connectivity index (χ1v) is 8.94. The summed E-state index contributed by atoms with van der Waals surface area (Å²) in [6, 6.07) is 6.75. The van der Waals surface area contributed by atoms with Gasteiger partial charge in [0, 0.05) is 11.8 Å². The molecule has 27 heavy (non-hydrogen) atoms. The summed E-state index contributed by atoms with van der Waals surface area (Å²) in [5.74, 6) is -1.95. The second-order valence-electron chi connectivity index (χ2n) is 6.70. The first kappa shape index (κ1) is 18.9. The molecule has 144 valence electrons. The molecule has 1 aliphatic heterocycles. The van der Waals surface area contributed by atoms with Gasteiger partial charge in [-0.05, 0) is 25.0 Å². The molecule has 0 aromatic heterocycles.